The van der Waals surface area contributed by atoms with Crippen molar-refractivity contribution in [2.45, 2.75) is 0 Å². The molecule has 14 heavy (non-hydrogen) atoms. The van der Waals surface area contributed by atoms with E-state index in [1.807, 2.05) is 22.6 Å². The third-order valence-electron chi connectivity index (χ3n) is 1.30. The fourth-order valence-corrected chi connectivity index (χ4v) is 1.51. The van der Waals surface area contributed by atoms with Gasteiger partial charge in [0.05, 0.1) is 6.26 Å². The Labute approximate surface area is 95.6 Å². The summed E-state index contributed by atoms with van der Waals surface area (Å²) in [4.78, 5) is 0. The van der Waals surface area contributed by atoms with Crippen molar-refractivity contribution in [1.82, 2.24) is 0 Å². The molecular formula is C9H6FIO2S. The first kappa shape index (κ1) is 11.5. The molecule has 0 atom stereocenters. The Hall–Kier alpha value is -0.610. The summed E-state index contributed by atoms with van der Waals surface area (Å²) in [5.74, 6) is 1.98. The van der Waals surface area contributed by atoms with Gasteiger partial charge in [0.15, 0.2) is 0 Å². The minimum absolute atomic E-state index is 0.385. The lowest BCUT2D eigenvalue weighted by molar-refractivity contribution is 0.611. The number of rotatable bonds is 0. The monoisotopic (exact) mass is 324 g/mol. The summed E-state index contributed by atoms with van der Waals surface area (Å²) >= 11 is 1.96. The molecule has 1 aromatic rings. The molecule has 5 heteroatoms. The smallest absolute Gasteiger partial charge is 0.214 e. The van der Waals surface area contributed by atoms with E-state index in [1.54, 1.807) is 6.07 Å². The Morgan fingerprint density at radius 3 is 2.64 bits per heavy atom. The van der Waals surface area contributed by atoms with Gasteiger partial charge in [-0.2, -0.15) is 0 Å². The molecule has 0 N–H and O–H groups in total. The largest absolute Gasteiger partial charge is 0.216 e. The van der Waals surface area contributed by atoms with Crippen molar-refractivity contribution in [2.24, 2.45) is 0 Å². The molecule has 0 bridgehead atoms. The molecule has 0 aromatic heterocycles. The normalized spacial score (nSPS) is 10.5. The van der Waals surface area contributed by atoms with Gasteiger partial charge in [-0.15, -0.1) is 0 Å². The number of benzene rings is 1. The molecule has 1 aromatic carbocycles. The second-order valence-electron chi connectivity index (χ2n) is 2.62. The van der Waals surface area contributed by atoms with Crippen LogP contribution in [0, 0.1) is 20.6 Å². The maximum absolute atomic E-state index is 12.7. The van der Waals surface area contributed by atoms with E-state index in [4.69, 9.17) is 0 Å². The highest BCUT2D eigenvalue weighted by Crippen LogP contribution is 2.12. The van der Waals surface area contributed by atoms with Gasteiger partial charge in [0, 0.05) is 14.4 Å². The van der Waals surface area contributed by atoms with Gasteiger partial charge in [-0.25, -0.2) is 12.8 Å². The summed E-state index contributed by atoms with van der Waals surface area (Å²) in [6, 6.07) is 4.05. The Bertz CT molecular complexity index is 511. The molecule has 0 aliphatic carbocycles. The highest BCUT2D eigenvalue weighted by molar-refractivity contribution is 14.1. The molecule has 0 aliphatic heterocycles. The quantitative estimate of drug-likeness (QED) is 0.539. The summed E-state index contributed by atoms with van der Waals surface area (Å²) in [5.41, 5.74) is 0.385. The molecule has 0 spiro atoms. The Morgan fingerprint density at radius 1 is 1.43 bits per heavy atom. The molecule has 0 unspecified atom stereocenters. The number of hydrogen-bond acceptors (Lipinski definition) is 2. The zero-order chi connectivity index (χ0) is 10.8. The van der Waals surface area contributed by atoms with Gasteiger partial charge in [0.25, 0.3) is 0 Å². The first-order valence-corrected chi connectivity index (χ1v) is 6.53. The molecular weight excluding hydrogens is 318 g/mol. The Morgan fingerprint density at radius 2 is 2.07 bits per heavy atom. The third-order valence-corrected chi connectivity index (χ3v) is 2.71. The second kappa shape index (κ2) is 4.28. The minimum atomic E-state index is -3.34. The van der Waals surface area contributed by atoms with E-state index < -0.39 is 15.7 Å². The molecule has 74 valence electrons. The first-order valence-electron chi connectivity index (χ1n) is 3.56. The SMILES string of the molecule is CS(=O)(=O)C#Cc1cc(F)ccc1I. The first-order chi connectivity index (χ1) is 6.38. The molecule has 0 fully saturated rings. The van der Waals surface area contributed by atoms with E-state index in [0.717, 1.165) is 9.83 Å². The van der Waals surface area contributed by atoms with Crippen molar-refractivity contribution in [3.63, 3.8) is 0 Å². The maximum Gasteiger partial charge on any atom is 0.214 e. The summed E-state index contributed by atoms with van der Waals surface area (Å²) in [5, 5.41) is 2.06. The number of sulfone groups is 1. The molecule has 0 aliphatic rings. The van der Waals surface area contributed by atoms with Gasteiger partial charge < -0.3 is 0 Å². The van der Waals surface area contributed by atoms with Gasteiger partial charge >= 0.3 is 0 Å². The minimum Gasteiger partial charge on any atom is -0.216 e. The van der Waals surface area contributed by atoms with Crippen molar-refractivity contribution in [3.05, 3.63) is 33.1 Å². The Kier molecular flexibility index (Phi) is 3.50. The molecule has 0 radical (unpaired) electrons. The predicted octanol–water partition coefficient (Wildman–Crippen LogP) is 1.78. The topological polar surface area (TPSA) is 34.1 Å². The van der Waals surface area contributed by atoms with Crippen molar-refractivity contribution in [1.29, 1.82) is 0 Å². The van der Waals surface area contributed by atoms with Crippen molar-refractivity contribution in [2.75, 3.05) is 6.26 Å². The summed E-state index contributed by atoms with van der Waals surface area (Å²) in [7, 11) is -3.34. The third kappa shape index (κ3) is 3.64. The van der Waals surface area contributed by atoms with E-state index in [2.05, 4.69) is 11.2 Å². The highest BCUT2D eigenvalue weighted by atomic mass is 127. The lowest BCUT2D eigenvalue weighted by Gasteiger charge is -1.94. The van der Waals surface area contributed by atoms with Crippen LogP contribution < -0.4 is 0 Å². The van der Waals surface area contributed by atoms with Gasteiger partial charge in [0.1, 0.15) is 5.82 Å². The highest BCUT2D eigenvalue weighted by Gasteiger charge is 1.99. The van der Waals surface area contributed by atoms with E-state index in [0.29, 0.717) is 5.56 Å². The van der Waals surface area contributed by atoms with Crippen LogP contribution in [0.15, 0.2) is 18.2 Å². The van der Waals surface area contributed by atoms with Crippen LogP contribution in [0.2, 0.25) is 0 Å². The average molecular weight is 324 g/mol. The van der Waals surface area contributed by atoms with E-state index in [-0.39, 0.29) is 0 Å². The van der Waals surface area contributed by atoms with Gasteiger partial charge in [-0.3, -0.25) is 0 Å². The second-order valence-corrected chi connectivity index (χ2v) is 5.53. The fraction of sp³-hybridized carbons (Fsp3) is 0.111. The fourth-order valence-electron chi connectivity index (χ4n) is 0.741. The van der Waals surface area contributed by atoms with Crippen LogP contribution in [0.25, 0.3) is 0 Å². The van der Waals surface area contributed by atoms with Crippen molar-refractivity contribution < 1.29 is 12.8 Å². The van der Waals surface area contributed by atoms with Crippen LogP contribution in [0.3, 0.4) is 0 Å². The van der Waals surface area contributed by atoms with E-state index in [1.165, 1.54) is 12.1 Å². The molecule has 0 amide bonds. The molecule has 2 nitrogen and oxygen atoms in total. The maximum atomic E-state index is 12.7. The van der Waals surface area contributed by atoms with Gasteiger partial charge in [-0.1, -0.05) is 0 Å². The van der Waals surface area contributed by atoms with Crippen LogP contribution in [0.5, 0.6) is 0 Å². The van der Waals surface area contributed by atoms with E-state index in [9.17, 15) is 12.8 Å². The lowest BCUT2D eigenvalue weighted by Crippen LogP contribution is -1.90. The van der Waals surface area contributed by atoms with Crippen LogP contribution in [-0.4, -0.2) is 14.7 Å². The zero-order valence-corrected chi connectivity index (χ0v) is 10.2. The molecule has 0 heterocycles. The summed E-state index contributed by atoms with van der Waals surface area (Å²) < 4.78 is 34.9. The van der Waals surface area contributed by atoms with Gasteiger partial charge in [-0.05, 0) is 46.7 Å². The molecule has 0 saturated heterocycles. The van der Waals surface area contributed by atoms with E-state index >= 15 is 0 Å². The molecule has 0 saturated carbocycles. The van der Waals surface area contributed by atoms with Gasteiger partial charge in [0.2, 0.25) is 9.84 Å². The summed E-state index contributed by atoms with van der Waals surface area (Å²) in [6.07, 6.45) is 1.01. The van der Waals surface area contributed by atoms with Crippen LogP contribution >= 0.6 is 22.6 Å². The Balaban J connectivity index is 3.19. The predicted molar refractivity (Wildman–Crippen MR) is 60.8 cm³/mol. The number of halogens is 2. The summed E-state index contributed by atoms with van der Waals surface area (Å²) in [6.45, 7) is 0. The number of hydrogen-bond donors (Lipinski definition) is 0. The zero-order valence-electron chi connectivity index (χ0n) is 7.21. The van der Waals surface area contributed by atoms with Crippen molar-refractivity contribution in [3.8, 4) is 11.2 Å². The van der Waals surface area contributed by atoms with Crippen LogP contribution in [0.1, 0.15) is 5.56 Å². The molecule has 1 rings (SSSR count). The van der Waals surface area contributed by atoms with Crippen molar-refractivity contribution >= 4 is 32.4 Å². The van der Waals surface area contributed by atoms with Crippen LogP contribution in [0.4, 0.5) is 4.39 Å². The lowest BCUT2D eigenvalue weighted by atomic mass is 10.2. The average Bonchev–Trinajstić information content (AvgIpc) is 2.05. The van der Waals surface area contributed by atoms with Crippen LogP contribution in [-0.2, 0) is 9.84 Å². The standard InChI is InChI=1S/C9H6FIO2S/c1-14(12,13)5-4-7-6-8(10)2-3-9(7)11/h2-3,6H,1H3.